The molecule has 0 saturated heterocycles. The van der Waals surface area contributed by atoms with Crippen LogP contribution in [0.3, 0.4) is 0 Å². The summed E-state index contributed by atoms with van der Waals surface area (Å²) in [5.74, 6) is 0. The lowest BCUT2D eigenvalue weighted by Crippen LogP contribution is -2.10. The van der Waals surface area contributed by atoms with Gasteiger partial charge in [-0.3, -0.25) is 0 Å². The molecule has 0 spiro atoms. The van der Waals surface area contributed by atoms with Crippen LogP contribution in [0.5, 0.6) is 0 Å². The topological polar surface area (TPSA) is 0 Å². The van der Waals surface area contributed by atoms with Gasteiger partial charge in [0.05, 0.1) is 0 Å². The molecule has 0 radical (unpaired) electrons. The van der Waals surface area contributed by atoms with Crippen molar-refractivity contribution < 1.29 is 0 Å². The Kier molecular flexibility index (Phi) is 9.17. The first-order valence-electron chi connectivity index (χ1n) is 21.7. The summed E-state index contributed by atoms with van der Waals surface area (Å²) >= 11 is 0. The van der Waals surface area contributed by atoms with E-state index >= 15 is 0 Å². The molecular formula is C62H46. The van der Waals surface area contributed by atoms with Crippen LogP contribution in [0.4, 0.5) is 0 Å². The standard InChI is InChI=1S/C62H46/c1-62(2,3)53-33-30-43(31-34-53)54-22-8-9-23-55(54)50-32-35-58-59(40-50)61(52-21-13-19-47(39-52)49-29-27-42-15-5-7-17-45(42)37-49)57-25-11-10-24-56(57)60(58)51-20-12-18-46(38-51)48-28-26-41-14-4-6-16-44(41)36-48/h4-40H,1-3H3. The van der Waals surface area contributed by atoms with Crippen LogP contribution in [-0.2, 0) is 5.41 Å². The largest absolute Gasteiger partial charge is 0.0616 e. The summed E-state index contributed by atoms with van der Waals surface area (Å²) in [6.07, 6.45) is 0. The van der Waals surface area contributed by atoms with Crippen LogP contribution in [0.15, 0.2) is 224 Å². The molecule has 0 bridgehead atoms. The van der Waals surface area contributed by atoms with Crippen LogP contribution < -0.4 is 0 Å². The van der Waals surface area contributed by atoms with Crippen molar-refractivity contribution in [1.29, 1.82) is 0 Å². The van der Waals surface area contributed by atoms with Gasteiger partial charge in [-0.15, -0.1) is 0 Å². The average molecular weight is 791 g/mol. The van der Waals surface area contributed by atoms with Gasteiger partial charge in [-0.25, -0.2) is 0 Å². The average Bonchev–Trinajstić information content (AvgIpc) is 3.32. The first-order chi connectivity index (χ1) is 30.4. The van der Waals surface area contributed by atoms with E-state index in [1.807, 2.05) is 0 Å². The smallest absolute Gasteiger partial charge is 0.00259 e. The second-order valence-electron chi connectivity index (χ2n) is 17.7. The summed E-state index contributed by atoms with van der Waals surface area (Å²) in [4.78, 5) is 0. The Morgan fingerprint density at radius 3 is 1.19 bits per heavy atom. The summed E-state index contributed by atoms with van der Waals surface area (Å²) in [7, 11) is 0. The third kappa shape index (κ3) is 6.75. The van der Waals surface area contributed by atoms with Crippen molar-refractivity contribution in [3.8, 4) is 66.8 Å². The minimum absolute atomic E-state index is 0.0911. The molecule has 11 rings (SSSR count). The number of hydrogen-bond donors (Lipinski definition) is 0. The lowest BCUT2D eigenvalue weighted by molar-refractivity contribution is 0.590. The highest BCUT2D eigenvalue weighted by molar-refractivity contribution is 6.22. The number of benzene rings is 11. The van der Waals surface area contributed by atoms with Gasteiger partial charge >= 0.3 is 0 Å². The van der Waals surface area contributed by atoms with Crippen LogP contribution in [0, 0.1) is 0 Å². The molecule has 0 N–H and O–H groups in total. The van der Waals surface area contributed by atoms with E-state index in [0.717, 1.165) is 0 Å². The maximum absolute atomic E-state index is 2.46. The molecule has 294 valence electrons. The number of hydrogen-bond acceptors (Lipinski definition) is 0. The first-order valence-corrected chi connectivity index (χ1v) is 21.7. The van der Waals surface area contributed by atoms with Gasteiger partial charge in [0.25, 0.3) is 0 Å². The quantitative estimate of drug-likeness (QED) is 0.147. The van der Waals surface area contributed by atoms with Crippen molar-refractivity contribution in [1.82, 2.24) is 0 Å². The Hall–Kier alpha value is -7.54. The first kappa shape index (κ1) is 37.5. The fraction of sp³-hybridized carbons (Fsp3) is 0.0645. The predicted octanol–water partition coefficient (Wildman–Crippen LogP) is 17.6. The van der Waals surface area contributed by atoms with Gasteiger partial charge in [0.15, 0.2) is 0 Å². The van der Waals surface area contributed by atoms with Crippen LogP contribution in [0.1, 0.15) is 26.3 Å². The second-order valence-corrected chi connectivity index (χ2v) is 17.7. The van der Waals surface area contributed by atoms with Crippen molar-refractivity contribution >= 4 is 43.1 Å². The van der Waals surface area contributed by atoms with E-state index in [0.29, 0.717) is 0 Å². The van der Waals surface area contributed by atoms with Gasteiger partial charge in [0.1, 0.15) is 0 Å². The molecule has 0 atom stereocenters. The van der Waals surface area contributed by atoms with Crippen LogP contribution in [0.25, 0.3) is 110 Å². The molecule has 0 aliphatic rings. The molecule has 11 aromatic rings. The van der Waals surface area contributed by atoms with Gasteiger partial charge in [-0.2, -0.15) is 0 Å². The zero-order chi connectivity index (χ0) is 41.8. The van der Waals surface area contributed by atoms with E-state index in [1.54, 1.807) is 0 Å². The second kappa shape index (κ2) is 15.2. The highest BCUT2D eigenvalue weighted by Gasteiger charge is 2.20. The van der Waals surface area contributed by atoms with Gasteiger partial charge in [0, 0.05) is 0 Å². The monoisotopic (exact) mass is 790 g/mol. The molecule has 11 aromatic carbocycles. The highest BCUT2D eigenvalue weighted by atomic mass is 14.2. The summed E-state index contributed by atoms with van der Waals surface area (Å²) < 4.78 is 0. The van der Waals surface area contributed by atoms with E-state index in [2.05, 4.69) is 245 Å². The molecule has 0 heterocycles. The Labute approximate surface area is 364 Å². The third-order valence-electron chi connectivity index (χ3n) is 12.8. The third-order valence-corrected chi connectivity index (χ3v) is 12.8. The van der Waals surface area contributed by atoms with E-state index in [4.69, 9.17) is 0 Å². The van der Waals surface area contributed by atoms with Crippen LogP contribution in [-0.4, -0.2) is 0 Å². The molecule has 0 aliphatic carbocycles. The lowest BCUT2D eigenvalue weighted by atomic mass is 9.83. The Balaban J connectivity index is 1.15. The zero-order valence-electron chi connectivity index (χ0n) is 35.4. The van der Waals surface area contributed by atoms with E-state index in [9.17, 15) is 0 Å². The number of rotatable bonds is 6. The van der Waals surface area contributed by atoms with E-state index in [-0.39, 0.29) is 5.41 Å². The molecule has 62 heavy (non-hydrogen) atoms. The minimum Gasteiger partial charge on any atom is -0.0616 e. The molecule has 0 unspecified atom stereocenters. The maximum Gasteiger partial charge on any atom is -0.00259 e. The van der Waals surface area contributed by atoms with Gasteiger partial charge < -0.3 is 0 Å². The van der Waals surface area contributed by atoms with Crippen LogP contribution in [0.2, 0.25) is 0 Å². The lowest BCUT2D eigenvalue weighted by Gasteiger charge is -2.21. The molecular weight excluding hydrogens is 745 g/mol. The minimum atomic E-state index is 0.0911. The Bertz CT molecular complexity index is 3490. The summed E-state index contributed by atoms with van der Waals surface area (Å²) in [6, 6.07) is 83.4. The Morgan fingerprint density at radius 1 is 0.242 bits per heavy atom. The van der Waals surface area contributed by atoms with E-state index < -0.39 is 0 Å². The fourth-order valence-corrected chi connectivity index (χ4v) is 9.55. The van der Waals surface area contributed by atoms with E-state index in [1.165, 1.54) is 115 Å². The molecule has 0 saturated carbocycles. The molecule has 0 amide bonds. The zero-order valence-corrected chi connectivity index (χ0v) is 35.4. The van der Waals surface area contributed by atoms with Crippen molar-refractivity contribution in [2.45, 2.75) is 26.2 Å². The molecule has 0 nitrogen and oxygen atoms in total. The van der Waals surface area contributed by atoms with Gasteiger partial charge in [-0.05, 0) is 151 Å². The molecule has 0 aromatic heterocycles. The summed E-state index contributed by atoms with van der Waals surface area (Å²) in [5.41, 5.74) is 16.1. The summed E-state index contributed by atoms with van der Waals surface area (Å²) in [5, 5.41) is 9.96. The Morgan fingerprint density at radius 2 is 0.645 bits per heavy atom. The SMILES string of the molecule is CC(C)(C)c1ccc(-c2ccccc2-c2ccc3c(-c4cccc(-c5ccc6ccccc6c5)c4)c4ccccc4c(-c4cccc(-c5ccc6ccccc6c5)c4)c3c2)cc1. The van der Waals surface area contributed by atoms with Crippen molar-refractivity contribution in [3.63, 3.8) is 0 Å². The fourth-order valence-electron chi connectivity index (χ4n) is 9.55. The van der Waals surface area contributed by atoms with Crippen LogP contribution >= 0.6 is 0 Å². The maximum atomic E-state index is 2.46. The van der Waals surface area contributed by atoms with Gasteiger partial charge in [-0.1, -0.05) is 215 Å². The predicted molar refractivity (Wildman–Crippen MR) is 268 cm³/mol. The molecule has 0 fully saturated rings. The van der Waals surface area contributed by atoms with Gasteiger partial charge in [0.2, 0.25) is 0 Å². The summed E-state index contributed by atoms with van der Waals surface area (Å²) in [6.45, 7) is 6.83. The number of fused-ring (bicyclic) bond motifs is 4. The highest BCUT2D eigenvalue weighted by Crippen LogP contribution is 2.47. The normalized spacial score (nSPS) is 11.8. The van der Waals surface area contributed by atoms with Crippen molar-refractivity contribution in [2.75, 3.05) is 0 Å². The molecule has 0 heteroatoms. The van der Waals surface area contributed by atoms with Crippen molar-refractivity contribution in [2.24, 2.45) is 0 Å². The van der Waals surface area contributed by atoms with Crippen molar-refractivity contribution in [3.05, 3.63) is 230 Å². The molecule has 0 aliphatic heterocycles.